The molecule has 0 atom stereocenters. The number of piperazine rings is 1. The average molecular weight is 396 g/mol. The second kappa shape index (κ2) is 6.66. The highest BCUT2D eigenvalue weighted by Gasteiger charge is 2.22. The maximum Gasteiger partial charge on any atom is 0.213 e. The van der Waals surface area contributed by atoms with Crippen molar-refractivity contribution in [1.29, 1.82) is 0 Å². The average Bonchev–Trinajstić information content (AvgIpc) is 3.10. The van der Waals surface area contributed by atoms with Crippen LogP contribution in [0.15, 0.2) is 48.5 Å². The van der Waals surface area contributed by atoms with Crippen molar-refractivity contribution >= 4 is 54.9 Å². The van der Waals surface area contributed by atoms with Crippen LogP contribution in [-0.2, 0) is 0 Å². The molecule has 0 spiro atoms. The third-order valence-electron chi connectivity index (χ3n) is 5.12. The summed E-state index contributed by atoms with van der Waals surface area (Å²) in [5.41, 5.74) is 4.69. The fourth-order valence-electron chi connectivity index (χ4n) is 3.77. The Morgan fingerprint density at radius 3 is 2.63 bits per heavy atom. The molecular formula is C21H20ClN4S+. The maximum absolute atomic E-state index is 6.10. The van der Waals surface area contributed by atoms with Crippen molar-refractivity contribution in [3.05, 3.63) is 59.2 Å². The van der Waals surface area contributed by atoms with Crippen LogP contribution < -0.4 is 14.8 Å². The number of benzene rings is 2. The molecule has 0 radical (unpaired) electrons. The molecule has 4 nitrogen and oxygen atoms in total. The van der Waals surface area contributed by atoms with E-state index in [-0.39, 0.29) is 0 Å². The van der Waals surface area contributed by atoms with Crippen LogP contribution in [0.5, 0.6) is 0 Å². The number of nitrogens with zero attached hydrogens (tertiary/aromatic N) is 3. The van der Waals surface area contributed by atoms with Crippen molar-refractivity contribution in [2.75, 3.05) is 36.0 Å². The Morgan fingerprint density at radius 1 is 1.00 bits per heavy atom. The summed E-state index contributed by atoms with van der Waals surface area (Å²) in [5.74, 6) is 0. The van der Waals surface area contributed by atoms with Gasteiger partial charge in [0.2, 0.25) is 5.52 Å². The van der Waals surface area contributed by atoms with E-state index in [1.165, 1.54) is 27.0 Å². The van der Waals surface area contributed by atoms with E-state index in [4.69, 9.17) is 16.6 Å². The van der Waals surface area contributed by atoms with Crippen LogP contribution in [0.2, 0.25) is 5.02 Å². The molecule has 0 saturated carbocycles. The van der Waals surface area contributed by atoms with Crippen molar-refractivity contribution in [3.63, 3.8) is 0 Å². The minimum absolute atomic E-state index is 0.743. The van der Waals surface area contributed by atoms with Crippen molar-refractivity contribution < 1.29 is 4.98 Å². The minimum Gasteiger partial charge on any atom is -0.367 e. The van der Waals surface area contributed by atoms with Crippen LogP contribution in [0.25, 0.3) is 21.1 Å². The molecule has 1 aliphatic rings. The van der Waals surface area contributed by atoms with Gasteiger partial charge in [0.1, 0.15) is 0 Å². The lowest BCUT2D eigenvalue weighted by Gasteiger charge is -2.36. The zero-order valence-electron chi connectivity index (χ0n) is 15.1. The highest BCUT2D eigenvalue weighted by molar-refractivity contribution is 7.22. The molecule has 2 aromatic heterocycles. The van der Waals surface area contributed by atoms with E-state index in [1.54, 1.807) is 11.3 Å². The third kappa shape index (κ3) is 3.11. The van der Waals surface area contributed by atoms with Gasteiger partial charge in [-0.25, -0.2) is 9.97 Å². The summed E-state index contributed by atoms with van der Waals surface area (Å²) in [6.07, 6.45) is 0. The quantitative estimate of drug-likeness (QED) is 0.499. The lowest BCUT2D eigenvalue weighted by molar-refractivity contribution is -0.354. The van der Waals surface area contributed by atoms with Gasteiger partial charge in [-0.05, 0) is 24.3 Å². The first-order valence-corrected chi connectivity index (χ1v) is 10.3. The summed E-state index contributed by atoms with van der Waals surface area (Å²) in [6.45, 7) is 6.05. The Hall–Kier alpha value is -2.37. The first-order chi connectivity index (χ1) is 13.2. The number of hydrogen-bond acceptors (Lipinski definition) is 4. The topological polar surface area (TPSA) is 33.5 Å². The Morgan fingerprint density at radius 2 is 1.78 bits per heavy atom. The minimum atomic E-state index is 0.743. The summed E-state index contributed by atoms with van der Waals surface area (Å²) < 4.78 is 1.19. The first kappa shape index (κ1) is 16.8. The molecule has 1 aliphatic heterocycles. The van der Waals surface area contributed by atoms with Gasteiger partial charge in [0.15, 0.2) is 10.8 Å². The van der Waals surface area contributed by atoms with Crippen molar-refractivity contribution in [1.82, 2.24) is 4.98 Å². The number of nitrogens with one attached hydrogen (secondary N) is 1. The molecule has 5 rings (SSSR count). The van der Waals surface area contributed by atoms with E-state index in [0.717, 1.165) is 41.8 Å². The van der Waals surface area contributed by atoms with Crippen LogP contribution in [0.1, 0.15) is 5.69 Å². The molecule has 3 heterocycles. The van der Waals surface area contributed by atoms with E-state index in [1.807, 2.05) is 12.1 Å². The Balaban J connectivity index is 1.40. The zero-order chi connectivity index (χ0) is 18.4. The summed E-state index contributed by atoms with van der Waals surface area (Å²) in [4.78, 5) is 13.1. The lowest BCUT2D eigenvalue weighted by Crippen LogP contribution is -2.46. The predicted octanol–water partition coefficient (Wildman–Crippen LogP) is 4.55. The van der Waals surface area contributed by atoms with Crippen LogP contribution in [0.3, 0.4) is 0 Å². The van der Waals surface area contributed by atoms with Crippen LogP contribution in [0, 0.1) is 6.92 Å². The van der Waals surface area contributed by atoms with Gasteiger partial charge < -0.3 is 9.80 Å². The summed E-state index contributed by atoms with van der Waals surface area (Å²) in [5, 5.41) is 3.12. The van der Waals surface area contributed by atoms with Gasteiger partial charge in [-0.15, -0.1) is 0 Å². The molecule has 136 valence electrons. The van der Waals surface area contributed by atoms with E-state index in [2.05, 4.69) is 58.1 Å². The number of thiazole rings is 1. The number of aromatic amines is 1. The summed E-state index contributed by atoms with van der Waals surface area (Å²) in [7, 11) is 0. The number of anilines is 2. The normalized spacial score (nSPS) is 15.0. The van der Waals surface area contributed by atoms with Crippen molar-refractivity contribution in [2.45, 2.75) is 6.92 Å². The zero-order valence-corrected chi connectivity index (χ0v) is 16.6. The van der Waals surface area contributed by atoms with Crippen molar-refractivity contribution in [2.24, 2.45) is 0 Å². The number of aromatic nitrogens is 2. The van der Waals surface area contributed by atoms with Gasteiger partial charge in [0, 0.05) is 50.3 Å². The van der Waals surface area contributed by atoms with E-state index >= 15 is 0 Å². The molecule has 0 amide bonds. The molecule has 0 aliphatic carbocycles. The number of halogens is 1. The fourth-order valence-corrected chi connectivity index (χ4v) is 4.93. The van der Waals surface area contributed by atoms with Gasteiger partial charge in [-0.1, -0.05) is 35.1 Å². The standard InChI is InChI=1S/C21H19ClN4S/c1-14-12-19(16-4-2-3-5-17(16)23-14)25-8-10-26(11-9-25)21-24-18-13-15(22)6-7-20(18)27-21/h2-7,12-13H,8-11H2,1H3/p+1. The van der Waals surface area contributed by atoms with Gasteiger partial charge in [-0.3, -0.25) is 0 Å². The molecule has 0 unspecified atom stereocenters. The molecule has 27 heavy (non-hydrogen) atoms. The molecule has 1 fully saturated rings. The first-order valence-electron chi connectivity index (χ1n) is 9.15. The second-order valence-corrected chi connectivity index (χ2v) is 8.41. The number of aryl methyl sites for hydroxylation is 1. The molecule has 1 saturated heterocycles. The van der Waals surface area contributed by atoms with Gasteiger partial charge >= 0.3 is 0 Å². The van der Waals surface area contributed by atoms with Gasteiger partial charge in [0.05, 0.1) is 21.3 Å². The van der Waals surface area contributed by atoms with E-state index in [0.29, 0.717) is 0 Å². The lowest BCUT2D eigenvalue weighted by atomic mass is 10.1. The number of hydrogen-bond donors (Lipinski definition) is 0. The van der Waals surface area contributed by atoms with Crippen LogP contribution in [-0.4, -0.2) is 31.2 Å². The highest BCUT2D eigenvalue weighted by atomic mass is 35.5. The monoisotopic (exact) mass is 395 g/mol. The highest BCUT2D eigenvalue weighted by Crippen LogP contribution is 2.32. The van der Waals surface area contributed by atoms with Gasteiger partial charge in [0.25, 0.3) is 0 Å². The molecular weight excluding hydrogens is 376 g/mol. The van der Waals surface area contributed by atoms with Crippen LogP contribution in [0.4, 0.5) is 10.8 Å². The maximum atomic E-state index is 6.10. The number of H-pyrrole nitrogens is 1. The summed E-state index contributed by atoms with van der Waals surface area (Å²) in [6, 6.07) is 16.7. The fraction of sp³-hybridized carbons (Fsp3) is 0.238. The number of fused-ring (bicyclic) bond motifs is 2. The van der Waals surface area contributed by atoms with E-state index < -0.39 is 0 Å². The SMILES string of the molecule is Cc1cc(N2CCN(c3nc4cc(Cl)ccc4s3)CC2)c2ccccc2[nH+]1. The molecule has 0 bridgehead atoms. The molecule has 1 N–H and O–H groups in total. The predicted molar refractivity (Wildman–Crippen MR) is 114 cm³/mol. The Bertz CT molecular complexity index is 1130. The number of para-hydroxylation sites is 1. The molecule has 4 aromatic rings. The number of pyridine rings is 1. The summed E-state index contributed by atoms with van der Waals surface area (Å²) >= 11 is 7.85. The van der Waals surface area contributed by atoms with E-state index in [9.17, 15) is 0 Å². The van der Waals surface area contributed by atoms with Crippen molar-refractivity contribution in [3.8, 4) is 0 Å². The molecule has 2 aromatic carbocycles. The second-order valence-electron chi connectivity index (χ2n) is 6.97. The Labute approximate surface area is 167 Å². The van der Waals surface area contributed by atoms with Gasteiger partial charge in [-0.2, -0.15) is 0 Å². The smallest absolute Gasteiger partial charge is 0.213 e. The van der Waals surface area contributed by atoms with Crippen LogP contribution >= 0.6 is 22.9 Å². The number of rotatable bonds is 2. The molecule has 6 heteroatoms. The third-order valence-corrected chi connectivity index (χ3v) is 6.45. The largest absolute Gasteiger partial charge is 0.367 e. The Kier molecular flexibility index (Phi) is 4.14.